The van der Waals surface area contributed by atoms with Gasteiger partial charge >= 0.3 is 5.49 Å². The van der Waals surface area contributed by atoms with Crippen LogP contribution in [0.1, 0.15) is 38.1 Å². The third-order valence-corrected chi connectivity index (χ3v) is 3.65. The van der Waals surface area contributed by atoms with Gasteiger partial charge in [0.1, 0.15) is 0 Å². The van der Waals surface area contributed by atoms with Gasteiger partial charge in [-0.3, -0.25) is 9.70 Å². The fourth-order valence-corrected chi connectivity index (χ4v) is 2.74. The van der Waals surface area contributed by atoms with Crippen LogP contribution in [0, 0.1) is 10.4 Å². The zero-order chi connectivity index (χ0) is 13.4. The molecule has 1 saturated carbocycles. The molecule has 2 aromatic heterocycles. The number of hydrogen-bond acceptors (Lipinski definition) is 4. The summed E-state index contributed by atoms with van der Waals surface area (Å²) in [5.74, 6) is 0. The summed E-state index contributed by atoms with van der Waals surface area (Å²) in [6, 6.07) is 0.152. The maximum atomic E-state index is 11.8. The molecule has 2 N–H and O–H groups in total. The number of aromatic amines is 2. The number of H-pyrrole nitrogens is 2. The highest BCUT2D eigenvalue weighted by atomic mass is 16.8. The van der Waals surface area contributed by atoms with Crippen molar-refractivity contribution in [2.75, 3.05) is 0 Å². The molecule has 1 aliphatic rings. The Morgan fingerprint density at radius 2 is 2.05 bits per heavy atom. The van der Waals surface area contributed by atoms with Crippen LogP contribution in [0.3, 0.4) is 0 Å². The van der Waals surface area contributed by atoms with Crippen molar-refractivity contribution in [1.82, 2.24) is 24.7 Å². The lowest BCUT2D eigenvalue weighted by Crippen LogP contribution is -2.26. The average molecular weight is 264 g/mol. The van der Waals surface area contributed by atoms with Gasteiger partial charge in [-0.2, -0.15) is 9.78 Å². The van der Waals surface area contributed by atoms with Crippen LogP contribution in [0.25, 0.3) is 11.0 Å². The first-order chi connectivity index (χ1) is 9.18. The Balaban J connectivity index is 2.29. The molecule has 8 heteroatoms. The maximum Gasteiger partial charge on any atom is 0.316 e. The highest BCUT2D eigenvalue weighted by Gasteiger charge is 2.23. The third-order valence-electron chi connectivity index (χ3n) is 3.65. The minimum absolute atomic E-state index is 0.0260. The van der Waals surface area contributed by atoms with E-state index < -0.39 is 10.5 Å². The van der Waals surface area contributed by atoms with Crippen LogP contribution in [0.2, 0.25) is 0 Å². The zero-order valence-corrected chi connectivity index (χ0v) is 10.3. The van der Waals surface area contributed by atoms with Gasteiger partial charge in [-0.05, 0) is 12.8 Å². The van der Waals surface area contributed by atoms with E-state index in [9.17, 15) is 15.2 Å². The Labute approximate surface area is 107 Å². The van der Waals surface area contributed by atoms with Crippen molar-refractivity contribution >= 4 is 11.0 Å². The Morgan fingerprint density at radius 1 is 1.32 bits per heavy atom. The zero-order valence-electron chi connectivity index (χ0n) is 10.3. The van der Waals surface area contributed by atoms with Crippen LogP contribution in [-0.4, -0.2) is 19.7 Å². The largest absolute Gasteiger partial charge is 0.712 e. The maximum absolute atomic E-state index is 11.8. The van der Waals surface area contributed by atoms with Crippen LogP contribution >= 0.6 is 0 Å². The first kappa shape index (κ1) is 11.8. The molecule has 0 atom stereocenters. The summed E-state index contributed by atoms with van der Waals surface area (Å²) in [5.41, 5.74) is -0.403. The highest BCUT2D eigenvalue weighted by molar-refractivity contribution is 5.72. The molecule has 0 spiro atoms. The second-order valence-corrected chi connectivity index (χ2v) is 4.81. The lowest BCUT2D eigenvalue weighted by molar-refractivity contribution is 0.333. The van der Waals surface area contributed by atoms with Crippen molar-refractivity contribution in [3.63, 3.8) is 0 Å². The molecule has 2 aromatic rings. The van der Waals surface area contributed by atoms with Gasteiger partial charge < -0.3 is 15.4 Å². The van der Waals surface area contributed by atoms with Gasteiger partial charge in [0, 0.05) is 0 Å². The summed E-state index contributed by atoms with van der Waals surface area (Å²) in [6.45, 7) is 0. The Kier molecular flexibility index (Phi) is 2.77. The minimum atomic E-state index is -0.571. The normalized spacial score (nSPS) is 16.8. The van der Waals surface area contributed by atoms with Crippen molar-refractivity contribution < 1.29 is 0 Å². The third kappa shape index (κ3) is 1.88. The van der Waals surface area contributed by atoms with E-state index in [0.29, 0.717) is 5.65 Å². The molecular weight excluding hydrogens is 250 g/mol. The van der Waals surface area contributed by atoms with Crippen LogP contribution in [0.5, 0.6) is 0 Å². The van der Waals surface area contributed by atoms with Crippen LogP contribution in [0.4, 0.5) is 0 Å². The number of hydrogen-bond donors (Lipinski definition) is 2. The topological polar surface area (TPSA) is 116 Å². The molecule has 3 rings (SSSR count). The molecule has 2 heterocycles. The van der Waals surface area contributed by atoms with Gasteiger partial charge in [-0.1, -0.05) is 19.3 Å². The monoisotopic (exact) mass is 264 g/mol. The molecule has 0 radical (unpaired) electrons. The Hall–Kier alpha value is -2.25. The predicted octanol–water partition coefficient (Wildman–Crippen LogP) is 0.326. The Morgan fingerprint density at radius 3 is 2.74 bits per heavy atom. The predicted molar refractivity (Wildman–Crippen MR) is 68.8 cm³/mol. The summed E-state index contributed by atoms with van der Waals surface area (Å²) >= 11 is 0. The second-order valence-electron chi connectivity index (χ2n) is 4.81. The molecule has 0 amide bonds. The lowest BCUT2D eigenvalue weighted by Gasteiger charge is -2.20. The van der Waals surface area contributed by atoms with Crippen molar-refractivity contribution in [3.05, 3.63) is 32.6 Å². The SMILES string of the molecule is O=c1[nH]cnc2c1c(=[N+]([O-])[O-])[nH]n2C1CCCCC1. The van der Waals surface area contributed by atoms with E-state index in [0.717, 1.165) is 25.7 Å². The summed E-state index contributed by atoms with van der Waals surface area (Å²) < 4.78 is 1.68. The van der Waals surface area contributed by atoms with E-state index >= 15 is 0 Å². The first-order valence-corrected chi connectivity index (χ1v) is 6.34. The summed E-state index contributed by atoms with van der Waals surface area (Å²) in [6.07, 6.45) is 6.55. The Bertz CT molecular complexity index is 716. The van der Waals surface area contributed by atoms with E-state index in [-0.39, 0.29) is 16.9 Å². The summed E-state index contributed by atoms with van der Waals surface area (Å²) in [7, 11) is 0. The fourth-order valence-electron chi connectivity index (χ4n) is 2.74. The molecule has 0 saturated heterocycles. The smallest absolute Gasteiger partial charge is 0.316 e. The van der Waals surface area contributed by atoms with Gasteiger partial charge in [-0.25, -0.2) is 4.98 Å². The van der Waals surface area contributed by atoms with Crippen molar-refractivity contribution in [2.45, 2.75) is 38.1 Å². The van der Waals surface area contributed by atoms with E-state index in [1.165, 1.54) is 12.7 Å². The number of aromatic nitrogens is 4. The molecule has 0 aromatic carbocycles. The highest BCUT2D eigenvalue weighted by Crippen LogP contribution is 2.28. The quantitative estimate of drug-likeness (QED) is 0.722. The standard InChI is InChI=1S/C11H14N5O3/c17-11-8-9(12-6-13-11)15(14-10(8)16(18)19)7-4-2-1-3-5-7/h6-7,14H,1-5H2,(H-,12,13,17,18,19)/q-1. The van der Waals surface area contributed by atoms with E-state index in [1.807, 2.05) is 0 Å². The van der Waals surface area contributed by atoms with Gasteiger partial charge in [0.2, 0.25) is 0 Å². The summed E-state index contributed by atoms with van der Waals surface area (Å²) in [5, 5.41) is 24.8. The average Bonchev–Trinajstić information content (AvgIpc) is 2.81. The van der Waals surface area contributed by atoms with Gasteiger partial charge in [0.15, 0.2) is 11.0 Å². The van der Waals surface area contributed by atoms with Crippen molar-refractivity contribution in [2.24, 2.45) is 0 Å². The van der Waals surface area contributed by atoms with Gasteiger partial charge in [0.05, 0.1) is 12.4 Å². The first-order valence-electron chi connectivity index (χ1n) is 6.34. The van der Waals surface area contributed by atoms with Crippen molar-refractivity contribution in [3.8, 4) is 0 Å². The fraction of sp³-hybridized carbons (Fsp3) is 0.545. The number of nitrogens with zero attached hydrogens (tertiary/aromatic N) is 3. The molecular formula is C11H14N5O3-. The van der Waals surface area contributed by atoms with Crippen LogP contribution in [0.15, 0.2) is 11.1 Å². The van der Waals surface area contributed by atoms with E-state index in [2.05, 4.69) is 15.1 Å². The van der Waals surface area contributed by atoms with Gasteiger partial charge in [0.25, 0.3) is 5.56 Å². The van der Waals surface area contributed by atoms with Crippen LogP contribution < -0.4 is 15.9 Å². The molecule has 0 unspecified atom stereocenters. The number of fused-ring (bicyclic) bond motifs is 1. The summed E-state index contributed by atoms with van der Waals surface area (Å²) in [4.78, 5) is 17.7. The second kappa shape index (κ2) is 4.45. The molecule has 19 heavy (non-hydrogen) atoms. The van der Waals surface area contributed by atoms with E-state index in [1.54, 1.807) is 4.68 Å². The van der Waals surface area contributed by atoms with Gasteiger partial charge in [-0.15, -0.1) is 0 Å². The van der Waals surface area contributed by atoms with Crippen molar-refractivity contribution in [1.29, 1.82) is 0 Å². The van der Waals surface area contributed by atoms with E-state index in [4.69, 9.17) is 0 Å². The molecule has 102 valence electrons. The minimum Gasteiger partial charge on any atom is -0.712 e. The van der Waals surface area contributed by atoms with Crippen LogP contribution in [-0.2, 0) is 0 Å². The molecule has 0 aliphatic heterocycles. The molecule has 1 fully saturated rings. The molecule has 0 bridgehead atoms. The number of nitrogens with one attached hydrogen (secondary N) is 2. The molecule has 1 aliphatic carbocycles. The lowest BCUT2D eigenvalue weighted by atomic mass is 9.96. The molecule has 8 nitrogen and oxygen atoms in total. The number of rotatable bonds is 1.